The third-order valence-corrected chi connectivity index (χ3v) is 23.6. The number of aromatic nitrogens is 1. The molecular weight excluding hydrogens is 1040 g/mol. The number of carbonyl (C=O) groups is 2. The maximum atomic E-state index is 14.4. The molecule has 5 aromatic rings. The van der Waals surface area contributed by atoms with Crippen LogP contribution in [0.2, 0.25) is 23.2 Å². The van der Waals surface area contributed by atoms with Crippen molar-refractivity contribution >= 4 is 61.5 Å². The predicted octanol–water partition coefficient (Wildman–Crippen LogP) is 13.6. The van der Waals surface area contributed by atoms with E-state index in [9.17, 15) is 22.8 Å². The number of rotatable bonds is 19. The largest absolute Gasteiger partial charge is 0.543 e. The van der Waals surface area contributed by atoms with Crippen molar-refractivity contribution < 1.29 is 50.6 Å². The van der Waals surface area contributed by atoms with Crippen molar-refractivity contribution in [1.82, 2.24) is 9.47 Å². The Kier molecular flexibility index (Phi) is 20.4. The SMILES string of the molecule is CC(C)(C)OC(=O)N1CC[C@@H](Nc2cccc3c2cc(C#CCN(C(=O)OC(C)(C)C)c2cccc(O[Si](C)(C)C(C)(C)C)c2)n3CC(F)(F)F)[C@@H](OCCOCCCCO[Si](c2ccccc2)(c2ccccc2)C(C)(C)C)C1. The molecule has 79 heavy (non-hydrogen) atoms. The summed E-state index contributed by atoms with van der Waals surface area (Å²) < 4.78 is 82.2. The Labute approximate surface area is 469 Å². The van der Waals surface area contributed by atoms with E-state index >= 15 is 0 Å². The van der Waals surface area contributed by atoms with Crippen molar-refractivity contribution in [3.05, 3.63) is 115 Å². The Morgan fingerprint density at radius 1 is 0.722 bits per heavy atom. The van der Waals surface area contributed by atoms with Crippen LogP contribution >= 0.6 is 0 Å². The highest BCUT2D eigenvalue weighted by molar-refractivity contribution is 6.99. The van der Waals surface area contributed by atoms with Crippen LogP contribution in [-0.2, 0) is 29.9 Å². The molecule has 2 amide bonds. The number of piperidine rings is 1. The minimum absolute atomic E-state index is 0.0820. The predicted molar refractivity (Wildman–Crippen MR) is 316 cm³/mol. The van der Waals surface area contributed by atoms with Gasteiger partial charge in [0, 0.05) is 36.9 Å². The molecule has 1 aromatic heterocycles. The zero-order valence-electron chi connectivity index (χ0n) is 49.1. The van der Waals surface area contributed by atoms with Gasteiger partial charge in [0.15, 0.2) is 0 Å². The smallest absolute Gasteiger partial charge is 0.415 e. The van der Waals surface area contributed by atoms with Crippen LogP contribution in [0.25, 0.3) is 10.9 Å². The van der Waals surface area contributed by atoms with Gasteiger partial charge < -0.3 is 42.6 Å². The van der Waals surface area contributed by atoms with Crippen LogP contribution in [0, 0.1) is 11.8 Å². The van der Waals surface area contributed by atoms with Gasteiger partial charge in [0.2, 0.25) is 8.32 Å². The lowest BCUT2D eigenvalue weighted by molar-refractivity contribution is -0.140. The summed E-state index contributed by atoms with van der Waals surface area (Å²) in [7, 11) is -4.91. The third-order valence-electron chi connectivity index (χ3n) is 14.2. The van der Waals surface area contributed by atoms with Crippen LogP contribution in [0.4, 0.5) is 34.1 Å². The zero-order valence-corrected chi connectivity index (χ0v) is 51.1. The Morgan fingerprint density at radius 3 is 1.94 bits per heavy atom. The van der Waals surface area contributed by atoms with Crippen LogP contribution < -0.4 is 25.0 Å². The fourth-order valence-corrected chi connectivity index (χ4v) is 15.0. The summed E-state index contributed by atoms with van der Waals surface area (Å²) in [6.45, 7) is 29.0. The zero-order chi connectivity index (χ0) is 58.0. The first-order valence-corrected chi connectivity index (χ1v) is 32.4. The molecule has 0 aliphatic carbocycles. The monoisotopic (exact) mass is 1130 g/mol. The number of ether oxygens (including phenoxy) is 4. The summed E-state index contributed by atoms with van der Waals surface area (Å²) in [5, 5.41) is 6.38. The lowest BCUT2D eigenvalue weighted by atomic mass is 10.0. The molecule has 2 atom stereocenters. The van der Waals surface area contributed by atoms with Gasteiger partial charge >= 0.3 is 18.4 Å². The molecule has 1 aliphatic rings. The summed E-state index contributed by atoms with van der Waals surface area (Å²) in [4.78, 5) is 30.2. The second-order valence-electron chi connectivity index (χ2n) is 24.9. The van der Waals surface area contributed by atoms with Gasteiger partial charge in [-0.05, 0) is 131 Å². The van der Waals surface area contributed by atoms with Gasteiger partial charge in [-0.2, -0.15) is 13.2 Å². The van der Waals surface area contributed by atoms with Crippen molar-refractivity contribution in [1.29, 1.82) is 0 Å². The van der Waals surface area contributed by atoms with Crippen molar-refractivity contribution in [3.8, 4) is 17.6 Å². The van der Waals surface area contributed by atoms with Gasteiger partial charge in [-0.1, -0.05) is 120 Å². The fraction of sp³-hybridized carbons (Fsp3) is 0.516. The van der Waals surface area contributed by atoms with Gasteiger partial charge in [-0.15, -0.1) is 0 Å². The Balaban J connectivity index is 1.18. The maximum absolute atomic E-state index is 14.4. The number of hydrogen-bond donors (Lipinski definition) is 1. The van der Waals surface area contributed by atoms with E-state index in [0.29, 0.717) is 60.8 Å². The van der Waals surface area contributed by atoms with E-state index in [0.717, 1.165) is 17.4 Å². The van der Waals surface area contributed by atoms with E-state index in [4.69, 9.17) is 27.8 Å². The first kappa shape index (κ1) is 62.4. The second kappa shape index (κ2) is 25.8. The quantitative estimate of drug-likeness (QED) is 0.0491. The summed E-state index contributed by atoms with van der Waals surface area (Å²) in [6, 6.07) is 34.8. The van der Waals surface area contributed by atoms with E-state index in [1.54, 1.807) is 62.1 Å². The molecule has 17 heteroatoms. The number of hydrogen-bond acceptors (Lipinski definition) is 9. The average molecular weight is 1130 g/mol. The number of benzene rings is 4. The standard InChI is InChI=1S/C62H85F3N4O8Si2/c1-58(2,3)75-56(70)67-37-35-53(55(44-67)73-41-40-72-38-21-22-39-74-79(61(10,11)12,49-29-17-15-18-30-49)50-31-19-16-20-32-50)66-52-33-24-34-54-51(52)43-47(69(54)45-62(63,64)65)27-25-36-68(57(71)76-59(4,5)6)46-26-23-28-48(42-46)77-78(13,14)60(7,8)9/h15-20,23-24,26,28-34,42-43,53,55,66H,21-22,35-41,44-45H2,1-14H3/t53-,55+/m1/s1. The van der Waals surface area contributed by atoms with E-state index in [-0.39, 0.29) is 41.5 Å². The summed E-state index contributed by atoms with van der Waals surface area (Å²) in [6.07, 6.45) is -4.17. The molecule has 430 valence electrons. The molecule has 4 aromatic carbocycles. The molecular formula is C62H85F3N4O8Si2. The molecule has 0 saturated carbocycles. The molecule has 1 aliphatic heterocycles. The number of nitrogens with one attached hydrogen (secondary N) is 1. The summed E-state index contributed by atoms with van der Waals surface area (Å²) in [5.74, 6) is 6.58. The third kappa shape index (κ3) is 17.1. The number of carbonyl (C=O) groups excluding carboxylic acids is 2. The number of anilines is 2. The molecule has 0 radical (unpaired) electrons. The Morgan fingerprint density at radius 2 is 1.34 bits per heavy atom. The molecule has 6 rings (SSSR count). The van der Waals surface area contributed by atoms with Crippen LogP contribution in [0.15, 0.2) is 109 Å². The number of fused-ring (bicyclic) bond motifs is 1. The molecule has 0 spiro atoms. The average Bonchev–Trinajstić information content (AvgIpc) is 3.90. The topological polar surface area (TPSA) is 113 Å². The van der Waals surface area contributed by atoms with Crippen LogP contribution in [-0.4, -0.2) is 114 Å². The van der Waals surface area contributed by atoms with Gasteiger partial charge in [-0.25, -0.2) is 9.59 Å². The van der Waals surface area contributed by atoms with Crippen molar-refractivity contribution in [3.63, 3.8) is 0 Å². The number of amides is 2. The number of alkyl halides is 3. The van der Waals surface area contributed by atoms with Gasteiger partial charge in [0.25, 0.3) is 8.32 Å². The lowest BCUT2D eigenvalue weighted by Crippen LogP contribution is -2.66. The maximum Gasteiger partial charge on any atom is 0.415 e. The molecule has 12 nitrogen and oxygen atoms in total. The molecule has 1 fully saturated rings. The number of likely N-dealkylation sites (tertiary alicyclic amines) is 1. The minimum Gasteiger partial charge on any atom is -0.543 e. The van der Waals surface area contributed by atoms with Crippen molar-refractivity contribution in [2.45, 2.75) is 162 Å². The van der Waals surface area contributed by atoms with Crippen LogP contribution in [0.5, 0.6) is 5.75 Å². The Bertz CT molecular complexity index is 2820. The highest BCUT2D eigenvalue weighted by Crippen LogP contribution is 2.39. The van der Waals surface area contributed by atoms with Crippen LogP contribution in [0.1, 0.15) is 108 Å². The molecule has 2 heterocycles. The summed E-state index contributed by atoms with van der Waals surface area (Å²) in [5.41, 5.74) is -0.0671. The molecule has 1 saturated heterocycles. The number of unbranched alkanes of at least 4 members (excludes halogenated alkanes) is 1. The lowest BCUT2D eigenvalue weighted by Gasteiger charge is -2.43. The minimum atomic E-state index is -4.58. The van der Waals surface area contributed by atoms with Crippen molar-refractivity contribution in [2.75, 3.05) is 56.3 Å². The first-order chi connectivity index (χ1) is 36.9. The second-order valence-corrected chi connectivity index (χ2v) is 33.9. The highest BCUT2D eigenvalue weighted by Gasteiger charge is 2.50. The van der Waals surface area contributed by atoms with Crippen molar-refractivity contribution in [2.24, 2.45) is 0 Å². The fourth-order valence-electron chi connectivity index (χ4n) is 9.41. The normalized spacial score (nSPS) is 15.8. The van der Waals surface area contributed by atoms with Gasteiger partial charge in [-0.3, -0.25) is 4.90 Å². The van der Waals surface area contributed by atoms with E-state index in [1.807, 2.05) is 45.0 Å². The highest BCUT2D eigenvalue weighted by atomic mass is 28.4. The van der Waals surface area contributed by atoms with Gasteiger partial charge in [0.05, 0.1) is 55.3 Å². The molecule has 0 bridgehead atoms. The number of nitrogens with zero attached hydrogens (tertiary/aromatic N) is 3. The molecule has 0 unspecified atom stereocenters. The molecule has 1 N–H and O–H groups in total. The van der Waals surface area contributed by atoms with Crippen LogP contribution in [0.3, 0.4) is 0 Å². The van der Waals surface area contributed by atoms with E-state index in [1.165, 1.54) is 15.3 Å². The van der Waals surface area contributed by atoms with E-state index in [2.05, 4.69) is 120 Å². The Hall–Kier alpha value is -5.78. The summed E-state index contributed by atoms with van der Waals surface area (Å²) >= 11 is 0. The first-order valence-electron chi connectivity index (χ1n) is 27.5. The van der Waals surface area contributed by atoms with E-state index < -0.39 is 58.8 Å². The van der Waals surface area contributed by atoms with Gasteiger partial charge in [0.1, 0.15) is 23.5 Å². The number of halogens is 3.